The summed E-state index contributed by atoms with van der Waals surface area (Å²) in [4.78, 5) is 4.78. The third-order valence-corrected chi connectivity index (χ3v) is 17.3. The van der Waals surface area contributed by atoms with Crippen molar-refractivity contribution in [3.63, 3.8) is 0 Å². The van der Waals surface area contributed by atoms with E-state index < -0.39 is 0 Å². The van der Waals surface area contributed by atoms with Crippen LogP contribution in [0.1, 0.15) is 103 Å². The first-order chi connectivity index (χ1) is 39.6. The van der Waals surface area contributed by atoms with Crippen LogP contribution in [0.5, 0.6) is 0 Å². The topological polar surface area (TPSA) is 59.0 Å². The number of benzene rings is 11. The van der Waals surface area contributed by atoms with E-state index in [1.54, 1.807) is 0 Å². The van der Waals surface area contributed by atoms with Crippen molar-refractivity contribution in [2.24, 2.45) is 0 Å². The Balaban J connectivity index is 0.958. The highest BCUT2D eigenvalue weighted by atomic mass is 16.3. The first kappa shape index (κ1) is 49.8. The molecule has 0 aliphatic heterocycles. The van der Waals surface area contributed by atoms with Crippen LogP contribution in [0.25, 0.3) is 109 Å². The summed E-state index contributed by atoms with van der Waals surface area (Å²) in [5.74, 6) is 0.782. The number of hydrogen-bond donors (Lipinski definition) is 0. The number of anilines is 6. The second-order valence-corrected chi connectivity index (χ2v) is 25.2. The summed E-state index contributed by atoms with van der Waals surface area (Å²) in [5, 5.41) is 13.0. The van der Waals surface area contributed by atoms with E-state index in [0.717, 1.165) is 143 Å². The highest BCUT2D eigenvalue weighted by molar-refractivity contribution is 6.35. The van der Waals surface area contributed by atoms with E-state index in [-0.39, 0.29) is 10.8 Å². The summed E-state index contributed by atoms with van der Waals surface area (Å²) >= 11 is 0. The Morgan fingerprint density at radius 2 is 0.646 bits per heavy atom. The maximum Gasteiger partial charge on any atom is 0.139 e. The van der Waals surface area contributed by atoms with E-state index in [2.05, 4.69) is 273 Å². The van der Waals surface area contributed by atoms with Gasteiger partial charge in [-0.3, -0.25) is 0 Å². The molecule has 0 bridgehead atoms. The molecule has 0 fully saturated rings. The van der Waals surface area contributed by atoms with Crippen LogP contribution in [0.2, 0.25) is 0 Å². The van der Waals surface area contributed by atoms with Crippen molar-refractivity contribution >= 4 is 143 Å². The smallest absolute Gasteiger partial charge is 0.139 e. The Kier molecular flexibility index (Phi) is 11.0. The van der Waals surface area contributed by atoms with Gasteiger partial charge < -0.3 is 27.5 Å². The molecule has 0 atom stereocenters. The molecule has 402 valence electrons. The van der Waals surface area contributed by atoms with E-state index in [0.29, 0.717) is 11.8 Å². The largest absolute Gasteiger partial charge is 0.456 e. The first-order valence-electron chi connectivity index (χ1n) is 28.9. The van der Waals surface area contributed by atoms with Gasteiger partial charge in [0.15, 0.2) is 0 Å². The minimum atomic E-state index is -0.0852. The van der Waals surface area contributed by atoms with Gasteiger partial charge in [0, 0.05) is 99.9 Å². The van der Waals surface area contributed by atoms with Crippen LogP contribution in [-0.4, -0.2) is 0 Å². The van der Waals surface area contributed by atoms with Crippen LogP contribution in [0.4, 0.5) is 34.1 Å². The summed E-state index contributed by atoms with van der Waals surface area (Å²) in [6.07, 6.45) is 0. The van der Waals surface area contributed by atoms with Gasteiger partial charge in [-0.15, -0.1) is 0 Å². The summed E-state index contributed by atoms with van der Waals surface area (Å²) in [7, 11) is 0. The van der Waals surface area contributed by atoms with Crippen LogP contribution in [0.3, 0.4) is 0 Å². The molecule has 0 unspecified atom stereocenters. The predicted octanol–water partition coefficient (Wildman–Crippen LogP) is 23.4. The SMILES string of the molecule is CC(C)c1ccc(N(c2ccc3oc4c(C(C)(C)C)cccc4c3c2)c2cc3oc4ccc5oc6cc(N(c7ccc(C(C)C)cc7)c7ccc8oc9c(C(C)(C)C)cccc9c8c7)c7ccccc7c6c5c4c3c3ccccc23)cc1. The molecule has 0 saturated heterocycles. The molecule has 11 aromatic carbocycles. The molecule has 0 N–H and O–H groups in total. The van der Waals surface area contributed by atoms with Gasteiger partial charge in [0.1, 0.15) is 44.7 Å². The number of furan rings is 4. The van der Waals surface area contributed by atoms with Crippen LogP contribution in [0, 0.1) is 0 Å². The first-order valence-corrected chi connectivity index (χ1v) is 28.9. The molecule has 4 heterocycles. The summed E-state index contributed by atoms with van der Waals surface area (Å²) in [6, 6.07) is 70.7. The quantitative estimate of drug-likeness (QED) is 0.151. The molecule has 15 rings (SSSR count). The Morgan fingerprint density at radius 3 is 1.02 bits per heavy atom. The summed E-state index contributed by atoms with van der Waals surface area (Å²) < 4.78 is 27.7. The van der Waals surface area contributed by atoms with Gasteiger partial charge in [0.2, 0.25) is 0 Å². The molecule has 6 nitrogen and oxygen atoms in total. The number of hydrogen-bond acceptors (Lipinski definition) is 6. The summed E-state index contributed by atoms with van der Waals surface area (Å²) in [5.41, 5.74) is 17.8. The van der Waals surface area contributed by atoms with Crippen molar-refractivity contribution in [3.05, 3.63) is 216 Å². The average Bonchev–Trinajstić information content (AvgIpc) is 4.04. The fourth-order valence-corrected chi connectivity index (χ4v) is 13.1. The molecule has 15 aromatic rings. The van der Waals surface area contributed by atoms with E-state index in [1.165, 1.54) is 22.3 Å². The molecule has 0 spiro atoms. The molecule has 0 aliphatic rings. The number of fused-ring (bicyclic) bond motifs is 17. The lowest BCUT2D eigenvalue weighted by atomic mass is 9.86. The predicted molar refractivity (Wildman–Crippen MR) is 346 cm³/mol. The number of rotatable bonds is 8. The fraction of sp³-hybridized carbons (Fsp3) is 0.184. The Hall–Kier alpha value is -9.26. The third kappa shape index (κ3) is 7.67. The maximum atomic E-state index is 7.16. The zero-order chi connectivity index (χ0) is 56.1. The Bertz CT molecular complexity index is 4750. The van der Waals surface area contributed by atoms with Crippen LogP contribution in [0.15, 0.2) is 212 Å². The molecule has 0 radical (unpaired) electrons. The number of nitrogens with zero attached hydrogens (tertiary/aromatic N) is 2. The second kappa shape index (κ2) is 18.1. The monoisotopic (exact) mass is 1070 g/mol. The van der Waals surface area contributed by atoms with Crippen molar-refractivity contribution in [1.29, 1.82) is 0 Å². The molecule has 82 heavy (non-hydrogen) atoms. The normalized spacial score (nSPS) is 12.7. The van der Waals surface area contributed by atoms with Gasteiger partial charge in [-0.2, -0.15) is 0 Å². The maximum absolute atomic E-state index is 7.16. The van der Waals surface area contributed by atoms with Crippen molar-refractivity contribution < 1.29 is 17.7 Å². The lowest BCUT2D eigenvalue weighted by molar-refractivity contribution is 0.572. The second-order valence-electron chi connectivity index (χ2n) is 25.2. The van der Waals surface area contributed by atoms with Crippen molar-refractivity contribution in [2.45, 2.75) is 91.9 Å². The van der Waals surface area contributed by atoms with Crippen LogP contribution < -0.4 is 9.80 Å². The minimum absolute atomic E-state index is 0.0852. The van der Waals surface area contributed by atoms with Gasteiger partial charge in [-0.05, 0) is 117 Å². The van der Waals surface area contributed by atoms with Gasteiger partial charge in [-0.1, -0.05) is 178 Å². The zero-order valence-corrected chi connectivity index (χ0v) is 48.2. The molecular weight excluding hydrogens is 1000 g/mol. The molecule has 4 aromatic heterocycles. The van der Waals surface area contributed by atoms with Gasteiger partial charge in [-0.25, -0.2) is 0 Å². The lowest BCUT2D eigenvalue weighted by Crippen LogP contribution is -2.11. The van der Waals surface area contributed by atoms with E-state index >= 15 is 0 Å². The van der Waals surface area contributed by atoms with Gasteiger partial charge in [0.05, 0.1) is 11.4 Å². The van der Waals surface area contributed by atoms with Crippen molar-refractivity contribution in [3.8, 4) is 0 Å². The van der Waals surface area contributed by atoms with Gasteiger partial charge >= 0.3 is 0 Å². The number of para-hydroxylation sites is 2. The molecule has 0 aliphatic carbocycles. The Morgan fingerprint density at radius 1 is 0.293 bits per heavy atom. The fourth-order valence-electron chi connectivity index (χ4n) is 13.1. The molecule has 6 heteroatoms. The molecule has 0 amide bonds. The highest BCUT2D eigenvalue weighted by Gasteiger charge is 2.28. The highest BCUT2D eigenvalue weighted by Crippen LogP contribution is 2.52. The zero-order valence-electron chi connectivity index (χ0n) is 48.2. The van der Waals surface area contributed by atoms with E-state index in [4.69, 9.17) is 17.7 Å². The van der Waals surface area contributed by atoms with Crippen molar-refractivity contribution in [2.75, 3.05) is 9.80 Å². The van der Waals surface area contributed by atoms with E-state index in [9.17, 15) is 0 Å². The summed E-state index contributed by atoms with van der Waals surface area (Å²) in [6.45, 7) is 22.5. The van der Waals surface area contributed by atoms with Crippen LogP contribution in [-0.2, 0) is 10.8 Å². The van der Waals surface area contributed by atoms with Crippen LogP contribution >= 0.6 is 0 Å². The lowest BCUT2D eigenvalue weighted by Gasteiger charge is -2.27. The standard InChI is InChI=1S/C76H64N2O4/c1-43(2)45-25-29-47(30-26-45)77(49-33-35-63-57(39-49)55-21-15-23-59(73(55)81-63)75(5,6)7)61-41-67-69(53-19-13-11-17-51(53)61)71-65(79-67)37-38-66-72(71)70-54-20-14-12-18-52(54)62(42-68(70)80-66)78(48-31-27-46(28-32-48)44(3)4)50-34-36-64-58(40-50)56-22-16-24-60(74(56)82-64)76(8,9)10/h11-44H,1-10H3. The Labute approximate surface area is 476 Å². The van der Waals surface area contributed by atoms with E-state index in [1.807, 2.05) is 0 Å². The van der Waals surface area contributed by atoms with Gasteiger partial charge in [0.25, 0.3) is 0 Å². The van der Waals surface area contributed by atoms with Crippen molar-refractivity contribution in [1.82, 2.24) is 0 Å². The molecular formula is C76H64N2O4. The average molecular weight is 1070 g/mol. The molecule has 0 saturated carbocycles. The minimum Gasteiger partial charge on any atom is -0.456 e. The third-order valence-electron chi connectivity index (χ3n) is 17.3.